The maximum atomic E-state index is 13.9. The maximum Gasteiger partial charge on any atom is 0.305 e. The summed E-state index contributed by atoms with van der Waals surface area (Å²) in [6.07, 6.45) is 2.02. The van der Waals surface area contributed by atoms with Crippen LogP contribution in [0.5, 0.6) is 5.75 Å². The first-order valence-corrected chi connectivity index (χ1v) is 13.6. The summed E-state index contributed by atoms with van der Waals surface area (Å²) < 4.78 is 5.59. The molecule has 8 nitrogen and oxygen atoms in total. The zero-order valence-electron chi connectivity index (χ0n) is 23.0. The van der Waals surface area contributed by atoms with Crippen molar-refractivity contribution in [3.05, 3.63) is 120 Å². The molecule has 0 saturated heterocycles. The summed E-state index contributed by atoms with van der Waals surface area (Å²) in [6.45, 7) is 3.11. The summed E-state index contributed by atoms with van der Waals surface area (Å²) in [5.74, 6) is -0.821. The molecular weight excluding hydrogens is 518 g/mol. The highest BCUT2D eigenvalue weighted by atomic mass is 16.5. The normalized spacial score (nSPS) is 10.6. The number of pyridine rings is 1. The Hall–Kier alpha value is -4.98. The van der Waals surface area contributed by atoms with Gasteiger partial charge in [-0.1, -0.05) is 54.6 Å². The average molecular weight is 552 g/mol. The van der Waals surface area contributed by atoms with E-state index in [0.717, 1.165) is 17.0 Å². The molecule has 0 fully saturated rings. The van der Waals surface area contributed by atoms with Crippen LogP contribution in [0.15, 0.2) is 97.2 Å². The number of carbonyl (C=O) groups excluding carboxylic acids is 2. The molecule has 0 spiro atoms. The average Bonchev–Trinajstić information content (AvgIpc) is 3.00. The SMILES string of the molecule is CCOc1cccc(CCN(CCC(=O)O)C(=O)c2ccccc2-c2ccccc2C(=O)NCc2ccccn2)c1. The minimum atomic E-state index is -0.982. The summed E-state index contributed by atoms with van der Waals surface area (Å²) in [4.78, 5) is 44.4. The number of hydrogen-bond donors (Lipinski definition) is 2. The quantitative estimate of drug-likeness (QED) is 0.235. The van der Waals surface area contributed by atoms with E-state index in [1.54, 1.807) is 41.4 Å². The van der Waals surface area contributed by atoms with Crippen LogP contribution in [-0.2, 0) is 17.8 Å². The lowest BCUT2D eigenvalue weighted by molar-refractivity contribution is -0.137. The largest absolute Gasteiger partial charge is 0.494 e. The molecule has 0 aliphatic carbocycles. The van der Waals surface area contributed by atoms with Gasteiger partial charge in [0.25, 0.3) is 11.8 Å². The molecule has 4 rings (SSSR count). The second-order valence-corrected chi connectivity index (χ2v) is 9.36. The lowest BCUT2D eigenvalue weighted by Gasteiger charge is -2.24. The fraction of sp³-hybridized carbons (Fsp3) is 0.212. The molecule has 1 heterocycles. The zero-order valence-corrected chi connectivity index (χ0v) is 23.0. The standard InChI is InChI=1S/C33H33N3O5/c1-2-41-26-12-9-10-24(22-26)17-20-36(21-18-31(37)38)33(40)30-16-6-4-14-28(30)27-13-3-5-15-29(27)32(39)35-23-25-11-7-8-19-34-25/h3-16,19,22H,2,17-18,20-21,23H2,1H3,(H,35,39)(H,37,38). The van der Waals surface area contributed by atoms with Gasteiger partial charge >= 0.3 is 5.97 Å². The summed E-state index contributed by atoms with van der Waals surface area (Å²) >= 11 is 0. The van der Waals surface area contributed by atoms with Crippen molar-refractivity contribution in [3.63, 3.8) is 0 Å². The zero-order chi connectivity index (χ0) is 29.0. The fourth-order valence-corrected chi connectivity index (χ4v) is 4.53. The number of ether oxygens (including phenoxy) is 1. The van der Waals surface area contributed by atoms with Gasteiger partial charge in [-0.25, -0.2) is 0 Å². The molecule has 1 aromatic heterocycles. The number of aromatic nitrogens is 1. The topological polar surface area (TPSA) is 109 Å². The van der Waals surface area contributed by atoms with Crippen molar-refractivity contribution >= 4 is 17.8 Å². The van der Waals surface area contributed by atoms with Crippen LogP contribution in [0.25, 0.3) is 11.1 Å². The molecule has 2 amide bonds. The van der Waals surface area contributed by atoms with Crippen LogP contribution in [0.3, 0.4) is 0 Å². The number of nitrogens with one attached hydrogen (secondary N) is 1. The second-order valence-electron chi connectivity index (χ2n) is 9.36. The molecule has 0 atom stereocenters. The molecule has 41 heavy (non-hydrogen) atoms. The Morgan fingerprint density at radius 1 is 0.854 bits per heavy atom. The number of hydrogen-bond acceptors (Lipinski definition) is 5. The molecule has 0 saturated carbocycles. The number of amides is 2. The number of carbonyl (C=O) groups is 3. The minimum absolute atomic E-state index is 0.0554. The van der Waals surface area contributed by atoms with E-state index in [1.807, 2.05) is 67.6 Å². The Bertz CT molecular complexity index is 1490. The highest BCUT2D eigenvalue weighted by molar-refractivity contribution is 6.06. The van der Waals surface area contributed by atoms with Crippen LogP contribution in [0.1, 0.15) is 45.3 Å². The van der Waals surface area contributed by atoms with E-state index in [1.165, 1.54) is 0 Å². The van der Waals surface area contributed by atoms with Crippen LogP contribution < -0.4 is 10.1 Å². The monoisotopic (exact) mass is 551 g/mol. The second kappa shape index (κ2) is 14.4. The van der Waals surface area contributed by atoms with E-state index in [2.05, 4.69) is 10.3 Å². The van der Waals surface area contributed by atoms with Crippen molar-refractivity contribution in [2.24, 2.45) is 0 Å². The van der Waals surface area contributed by atoms with E-state index in [0.29, 0.717) is 41.8 Å². The van der Waals surface area contributed by atoms with Crippen LogP contribution in [0.2, 0.25) is 0 Å². The number of rotatable bonds is 13. The van der Waals surface area contributed by atoms with Crippen molar-refractivity contribution < 1.29 is 24.2 Å². The number of carboxylic acid groups (broad SMARTS) is 1. The first kappa shape index (κ1) is 29.0. The third-order valence-corrected chi connectivity index (χ3v) is 6.54. The first-order valence-electron chi connectivity index (χ1n) is 13.6. The number of carboxylic acids is 1. The molecular formula is C33H33N3O5. The Morgan fingerprint density at radius 3 is 2.27 bits per heavy atom. The van der Waals surface area contributed by atoms with Gasteiger partial charge in [-0.3, -0.25) is 19.4 Å². The van der Waals surface area contributed by atoms with Crippen molar-refractivity contribution in [2.75, 3.05) is 19.7 Å². The predicted molar refractivity (Wildman–Crippen MR) is 157 cm³/mol. The molecule has 8 heteroatoms. The summed E-state index contributed by atoms with van der Waals surface area (Å²) in [7, 11) is 0. The third kappa shape index (κ3) is 8.02. The Morgan fingerprint density at radius 2 is 1.56 bits per heavy atom. The lowest BCUT2D eigenvalue weighted by atomic mass is 9.94. The third-order valence-electron chi connectivity index (χ3n) is 6.54. The van der Waals surface area contributed by atoms with Crippen LogP contribution in [0, 0.1) is 0 Å². The van der Waals surface area contributed by atoms with Gasteiger partial charge in [-0.05, 0) is 66.4 Å². The molecule has 0 radical (unpaired) electrons. The van der Waals surface area contributed by atoms with E-state index < -0.39 is 5.97 Å². The van der Waals surface area contributed by atoms with Crippen LogP contribution >= 0.6 is 0 Å². The van der Waals surface area contributed by atoms with E-state index in [4.69, 9.17) is 4.74 Å². The van der Waals surface area contributed by atoms with E-state index >= 15 is 0 Å². The smallest absolute Gasteiger partial charge is 0.305 e. The molecule has 4 aromatic rings. The Kier molecular flexibility index (Phi) is 10.2. The van der Waals surface area contributed by atoms with Crippen molar-refractivity contribution in [2.45, 2.75) is 26.3 Å². The van der Waals surface area contributed by atoms with Gasteiger partial charge in [0.05, 0.1) is 25.3 Å². The molecule has 210 valence electrons. The minimum Gasteiger partial charge on any atom is -0.494 e. The molecule has 3 aromatic carbocycles. The molecule has 0 bridgehead atoms. The molecule has 0 aliphatic heterocycles. The molecule has 0 unspecified atom stereocenters. The van der Waals surface area contributed by atoms with Gasteiger partial charge in [-0.2, -0.15) is 0 Å². The number of nitrogens with zero attached hydrogens (tertiary/aromatic N) is 2. The summed E-state index contributed by atoms with van der Waals surface area (Å²) in [5.41, 5.74) is 3.74. The highest BCUT2D eigenvalue weighted by Crippen LogP contribution is 2.28. The maximum absolute atomic E-state index is 13.9. The highest BCUT2D eigenvalue weighted by Gasteiger charge is 2.22. The lowest BCUT2D eigenvalue weighted by Crippen LogP contribution is -2.35. The van der Waals surface area contributed by atoms with Gasteiger partial charge in [0, 0.05) is 30.4 Å². The number of aliphatic carboxylic acids is 1. The van der Waals surface area contributed by atoms with E-state index in [9.17, 15) is 19.5 Å². The van der Waals surface area contributed by atoms with Crippen LogP contribution in [0.4, 0.5) is 0 Å². The van der Waals surface area contributed by atoms with Gasteiger partial charge in [0.15, 0.2) is 0 Å². The first-order chi connectivity index (χ1) is 20.0. The van der Waals surface area contributed by atoms with Gasteiger partial charge in [0.2, 0.25) is 0 Å². The Labute approximate surface area is 239 Å². The van der Waals surface area contributed by atoms with Gasteiger partial charge in [0.1, 0.15) is 5.75 Å². The summed E-state index contributed by atoms with van der Waals surface area (Å²) in [6, 6.07) is 27.4. The van der Waals surface area contributed by atoms with Crippen molar-refractivity contribution in [1.82, 2.24) is 15.2 Å². The van der Waals surface area contributed by atoms with Gasteiger partial charge < -0.3 is 20.1 Å². The Balaban J connectivity index is 1.59. The predicted octanol–water partition coefficient (Wildman–Crippen LogP) is 5.24. The van der Waals surface area contributed by atoms with Crippen LogP contribution in [-0.4, -0.2) is 52.5 Å². The van der Waals surface area contributed by atoms with Crippen molar-refractivity contribution in [1.29, 1.82) is 0 Å². The summed E-state index contributed by atoms with van der Waals surface area (Å²) in [5, 5.41) is 12.3. The number of benzene rings is 3. The molecule has 2 N–H and O–H groups in total. The van der Waals surface area contributed by atoms with Crippen molar-refractivity contribution in [3.8, 4) is 16.9 Å². The van der Waals surface area contributed by atoms with Gasteiger partial charge in [-0.15, -0.1) is 0 Å². The molecule has 0 aliphatic rings. The fourth-order valence-electron chi connectivity index (χ4n) is 4.53. The van der Waals surface area contributed by atoms with E-state index in [-0.39, 0.29) is 31.3 Å².